The second-order valence-corrected chi connectivity index (χ2v) is 16.2. The van der Waals surface area contributed by atoms with Gasteiger partial charge >= 0.3 is 0 Å². The summed E-state index contributed by atoms with van der Waals surface area (Å²) in [6, 6.07) is 71.1. The van der Waals surface area contributed by atoms with Gasteiger partial charge in [-0.25, -0.2) is 4.99 Å². The van der Waals surface area contributed by atoms with E-state index in [1.165, 1.54) is 32.3 Å². The predicted octanol–water partition coefficient (Wildman–Crippen LogP) is 14.6. The Morgan fingerprint density at radius 3 is 1.73 bits per heavy atom. The van der Waals surface area contributed by atoms with E-state index in [2.05, 4.69) is 187 Å². The molecular formula is C57H37N3O2. The molecule has 0 saturated carbocycles. The van der Waals surface area contributed by atoms with Crippen LogP contribution >= 0.6 is 0 Å². The summed E-state index contributed by atoms with van der Waals surface area (Å²) in [4.78, 5) is 5.35. The molecule has 1 aliphatic heterocycles. The topological polar surface area (TPSA) is 62.7 Å². The van der Waals surface area contributed by atoms with Crippen molar-refractivity contribution in [1.29, 1.82) is 0 Å². The van der Waals surface area contributed by atoms with E-state index in [1.54, 1.807) is 0 Å². The maximum Gasteiger partial charge on any atom is 0.146 e. The monoisotopic (exact) mass is 795 g/mol. The lowest BCUT2D eigenvalue weighted by Crippen LogP contribution is -2.45. The highest BCUT2D eigenvalue weighted by Crippen LogP contribution is 2.45. The maximum atomic E-state index is 6.52. The molecule has 1 aliphatic rings. The van der Waals surface area contributed by atoms with Crippen LogP contribution in [0, 0.1) is 0 Å². The van der Waals surface area contributed by atoms with Gasteiger partial charge in [0, 0.05) is 27.1 Å². The summed E-state index contributed by atoms with van der Waals surface area (Å²) in [5.41, 5.74) is 11.1. The fraction of sp³-hybridized carbons (Fsp3) is 0.0351. The van der Waals surface area contributed by atoms with E-state index in [9.17, 15) is 0 Å². The van der Waals surface area contributed by atoms with Gasteiger partial charge in [-0.1, -0.05) is 170 Å². The van der Waals surface area contributed by atoms with Crippen LogP contribution in [0.2, 0.25) is 0 Å². The third-order valence-corrected chi connectivity index (χ3v) is 12.8. The second-order valence-electron chi connectivity index (χ2n) is 16.2. The lowest BCUT2D eigenvalue weighted by atomic mass is 9.87. The van der Waals surface area contributed by atoms with Gasteiger partial charge in [0.2, 0.25) is 0 Å². The number of fused-ring (bicyclic) bond motifs is 12. The molecular weight excluding hydrogens is 759 g/mol. The van der Waals surface area contributed by atoms with E-state index in [1.807, 2.05) is 24.3 Å². The largest absolute Gasteiger partial charge is 0.456 e. The molecule has 0 bridgehead atoms. The van der Waals surface area contributed by atoms with Crippen LogP contribution in [0.3, 0.4) is 0 Å². The highest BCUT2D eigenvalue weighted by Gasteiger charge is 2.28. The van der Waals surface area contributed by atoms with Crippen molar-refractivity contribution in [1.82, 2.24) is 10.6 Å². The molecule has 2 atom stereocenters. The van der Waals surface area contributed by atoms with Crippen LogP contribution in [0.1, 0.15) is 29.0 Å². The molecule has 0 radical (unpaired) electrons. The number of nitrogens with one attached hydrogen (secondary N) is 2. The number of nitrogens with zero attached hydrogens (tertiary/aromatic N) is 1. The zero-order valence-electron chi connectivity index (χ0n) is 33.5. The predicted molar refractivity (Wildman–Crippen MR) is 256 cm³/mol. The van der Waals surface area contributed by atoms with Gasteiger partial charge < -0.3 is 14.2 Å². The van der Waals surface area contributed by atoms with Gasteiger partial charge in [-0.15, -0.1) is 0 Å². The number of aliphatic imine (C=N–C) groups is 1. The first-order valence-corrected chi connectivity index (χ1v) is 21.2. The lowest BCUT2D eigenvalue weighted by Gasteiger charge is -2.32. The Balaban J connectivity index is 0.968. The third kappa shape index (κ3) is 5.42. The molecule has 3 heterocycles. The van der Waals surface area contributed by atoms with Gasteiger partial charge in [0.1, 0.15) is 40.5 Å². The van der Waals surface area contributed by atoms with Crippen molar-refractivity contribution in [2.24, 2.45) is 4.99 Å². The Morgan fingerprint density at radius 2 is 0.984 bits per heavy atom. The molecule has 0 saturated heterocycles. The molecule has 0 spiro atoms. The summed E-state index contributed by atoms with van der Waals surface area (Å²) in [5.74, 6) is 0.785. The van der Waals surface area contributed by atoms with E-state index in [0.717, 1.165) is 88.7 Å². The number of hydrogen-bond donors (Lipinski definition) is 2. The molecule has 2 aromatic heterocycles. The van der Waals surface area contributed by atoms with Crippen molar-refractivity contribution >= 4 is 82.0 Å². The lowest BCUT2D eigenvalue weighted by molar-refractivity contribution is 0.409. The summed E-state index contributed by atoms with van der Waals surface area (Å²) in [6.07, 6.45) is -0.508. The SMILES string of the molecule is c1ccc(C2NC(c3cccc4c3oc3ccccc34)=NC(c3ccc(-c4ccc5oc6ccccc6c5c4-c4ccc5c6ccccc6c6ccccc6c5c4)cc3)N2)cc1. The highest BCUT2D eigenvalue weighted by atomic mass is 16.3. The fourth-order valence-electron chi connectivity index (χ4n) is 9.88. The summed E-state index contributed by atoms with van der Waals surface area (Å²) in [6.45, 7) is 0. The van der Waals surface area contributed by atoms with Crippen LogP contribution in [0.15, 0.2) is 214 Å². The van der Waals surface area contributed by atoms with Crippen molar-refractivity contribution in [2.45, 2.75) is 12.3 Å². The summed E-state index contributed by atoms with van der Waals surface area (Å²) < 4.78 is 13.0. The highest BCUT2D eigenvalue weighted by molar-refractivity contribution is 6.26. The van der Waals surface area contributed by atoms with Crippen LogP contribution in [0.5, 0.6) is 0 Å². The minimum Gasteiger partial charge on any atom is -0.456 e. The number of hydrogen-bond acceptors (Lipinski definition) is 5. The number of benzene rings is 10. The van der Waals surface area contributed by atoms with Gasteiger partial charge in [-0.2, -0.15) is 0 Å². The van der Waals surface area contributed by atoms with Gasteiger partial charge in [-0.05, 0) is 90.5 Å². The summed E-state index contributed by atoms with van der Waals surface area (Å²) >= 11 is 0. The minimum atomic E-state index is -0.325. The minimum absolute atomic E-state index is 0.183. The molecule has 0 amide bonds. The standard InChI is InChI=1S/C57H37N3O2/c1-2-13-35(14-3-1)55-58-56(60-57(59-55)47-22-12-21-45-44-19-8-10-23-49(44)62-54(45)47)36-27-25-34(26-28-36)38-31-32-51-53(46-20-9-11-24-50(46)61-51)52(38)37-29-30-43-41-17-5-4-15-39(41)40-16-6-7-18-42(40)48(43)33-37/h1-33,55-56,58H,(H,59,60). The van der Waals surface area contributed by atoms with Gasteiger partial charge in [0.25, 0.3) is 0 Å². The molecule has 2 unspecified atom stereocenters. The average Bonchev–Trinajstić information content (AvgIpc) is 3.93. The van der Waals surface area contributed by atoms with Crippen molar-refractivity contribution in [3.63, 3.8) is 0 Å². The number of furan rings is 2. The first-order chi connectivity index (χ1) is 30.7. The third-order valence-electron chi connectivity index (χ3n) is 12.8. The molecule has 10 aromatic carbocycles. The Bertz CT molecular complexity index is 3730. The van der Waals surface area contributed by atoms with E-state index >= 15 is 0 Å². The number of para-hydroxylation sites is 3. The van der Waals surface area contributed by atoms with Crippen LogP contribution in [0.4, 0.5) is 0 Å². The molecule has 0 aliphatic carbocycles. The van der Waals surface area contributed by atoms with Gasteiger partial charge in [0.05, 0.1) is 5.56 Å². The van der Waals surface area contributed by atoms with Crippen molar-refractivity contribution in [3.8, 4) is 22.3 Å². The zero-order chi connectivity index (χ0) is 40.7. The molecule has 12 aromatic rings. The maximum absolute atomic E-state index is 6.52. The Hall–Kier alpha value is -7.99. The molecule has 62 heavy (non-hydrogen) atoms. The summed E-state index contributed by atoms with van der Waals surface area (Å²) in [5, 5.41) is 19.4. The van der Waals surface area contributed by atoms with Gasteiger partial charge in [0.15, 0.2) is 0 Å². The normalized spacial score (nSPS) is 15.6. The van der Waals surface area contributed by atoms with Crippen molar-refractivity contribution in [2.75, 3.05) is 0 Å². The van der Waals surface area contributed by atoms with E-state index in [-0.39, 0.29) is 12.3 Å². The van der Waals surface area contributed by atoms with Crippen LogP contribution in [-0.4, -0.2) is 5.84 Å². The second kappa shape index (κ2) is 13.8. The quantitative estimate of drug-likeness (QED) is 0.170. The first kappa shape index (κ1) is 34.8. The molecule has 292 valence electrons. The number of amidine groups is 1. The Kier molecular flexibility index (Phi) is 7.74. The average molecular weight is 796 g/mol. The molecule has 5 nitrogen and oxygen atoms in total. The van der Waals surface area contributed by atoms with E-state index in [0.29, 0.717) is 0 Å². The van der Waals surface area contributed by atoms with E-state index < -0.39 is 0 Å². The molecule has 0 fully saturated rings. The Morgan fingerprint density at radius 1 is 0.387 bits per heavy atom. The van der Waals surface area contributed by atoms with Crippen molar-refractivity contribution in [3.05, 3.63) is 217 Å². The zero-order valence-corrected chi connectivity index (χ0v) is 33.5. The summed E-state index contributed by atoms with van der Waals surface area (Å²) in [7, 11) is 0. The fourth-order valence-corrected chi connectivity index (χ4v) is 9.88. The van der Waals surface area contributed by atoms with E-state index in [4.69, 9.17) is 13.8 Å². The van der Waals surface area contributed by atoms with Crippen LogP contribution < -0.4 is 10.6 Å². The Labute approximate surface area is 356 Å². The molecule has 13 rings (SSSR count). The van der Waals surface area contributed by atoms with Gasteiger partial charge in [-0.3, -0.25) is 5.32 Å². The number of rotatable bonds is 5. The first-order valence-electron chi connectivity index (χ1n) is 21.2. The molecule has 5 heteroatoms. The van der Waals surface area contributed by atoms with Crippen molar-refractivity contribution < 1.29 is 8.83 Å². The van der Waals surface area contributed by atoms with Crippen LogP contribution in [0.25, 0.3) is 98.4 Å². The van der Waals surface area contributed by atoms with Crippen LogP contribution in [-0.2, 0) is 0 Å². The smallest absolute Gasteiger partial charge is 0.146 e. The molecule has 2 N–H and O–H groups in total.